The van der Waals surface area contributed by atoms with Crippen molar-refractivity contribution in [1.29, 1.82) is 0 Å². The van der Waals surface area contributed by atoms with E-state index in [9.17, 15) is 4.79 Å². The summed E-state index contributed by atoms with van der Waals surface area (Å²) >= 11 is 2.92. The molecule has 0 saturated carbocycles. The molecule has 4 N–H and O–H groups in total. The minimum atomic E-state index is -0.0198. The van der Waals surface area contributed by atoms with Crippen molar-refractivity contribution in [2.24, 2.45) is 5.73 Å². The molecule has 0 radical (unpaired) electrons. The first-order chi connectivity index (χ1) is 12.1. The molecule has 1 atom stereocenters. The summed E-state index contributed by atoms with van der Waals surface area (Å²) in [7, 11) is 1.65. The Balaban J connectivity index is 1.79. The minimum absolute atomic E-state index is 0.00451. The number of aromatic amines is 1. The van der Waals surface area contributed by atoms with Gasteiger partial charge in [0.05, 0.1) is 28.8 Å². The second kappa shape index (κ2) is 10.4. The van der Waals surface area contributed by atoms with Crippen molar-refractivity contribution in [3.05, 3.63) is 35.4 Å². The predicted octanol–water partition coefficient (Wildman–Crippen LogP) is 3.08. The van der Waals surface area contributed by atoms with Crippen LogP contribution in [0, 0.1) is 0 Å². The molecule has 6 nitrogen and oxygen atoms in total. The van der Waals surface area contributed by atoms with Gasteiger partial charge in [0.2, 0.25) is 5.91 Å². The van der Waals surface area contributed by atoms with Crippen LogP contribution in [0.3, 0.4) is 0 Å². The SMILES string of the molecule is CCC(NC(=O)CSc1nc2ccccc2[nH]1)S/C=C(\N)CCOC. The van der Waals surface area contributed by atoms with Crippen LogP contribution in [-0.2, 0) is 9.53 Å². The first-order valence-corrected chi connectivity index (χ1v) is 10.0. The molecule has 1 amide bonds. The molecule has 1 aromatic heterocycles. The molecule has 136 valence electrons. The molecular weight excluding hydrogens is 356 g/mol. The van der Waals surface area contributed by atoms with Gasteiger partial charge in [-0.3, -0.25) is 4.79 Å². The zero-order valence-electron chi connectivity index (χ0n) is 14.5. The van der Waals surface area contributed by atoms with Crippen LogP contribution >= 0.6 is 23.5 Å². The maximum absolute atomic E-state index is 12.2. The largest absolute Gasteiger partial charge is 0.402 e. The number of hydrogen-bond acceptors (Lipinski definition) is 6. The Morgan fingerprint density at radius 2 is 2.28 bits per heavy atom. The van der Waals surface area contributed by atoms with Gasteiger partial charge in [0.25, 0.3) is 0 Å². The van der Waals surface area contributed by atoms with E-state index < -0.39 is 0 Å². The number of para-hydroxylation sites is 2. The summed E-state index contributed by atoms with van der Waals surface area (Å²) in [6, 6.07) is 7.81. The average Bonchev–Trinajstić information content (AvgIpc) is 3.04. The monoisotopic (exact) mass is 380 g/mol. The maximum atomic E-state index is 12.2. The van der Waals surface area contributed by atoms with Gasteiger partial charge < -0.3 is 20.8 Å². The summed E-state index contributed by atoms with van der Waals surface area (Å²) in [4.78, 5) is 19.8. The van der Waals surface area contributed by atoms with Crippen LogP contribution in [0.1, 0.15) is 19.8 Å². The summed E-state index contributed by atoms with van der Waals surface area (Å²) in [5.41, 5.74) is 8.54. The van der Waals surface area contributed by atoms with E-state index in [-0.39, 0.29) is 11.3 Å². The zero-order chi connectivity index (χ0) is 18.1. The molecule has 25 heavy (non-hydrogen) atoms. The molecule has 1 aromatic carbocycles. The van der Waals surface area contributed by atoms with Gasteiger partial charge in [-0.1, -0.05) is 30.8 Å². The number of fused-ring (bicyclic) bond motifs is 1. The van der Waals surface area contributed by atoms with Crippen LogP contribution in [-0.4, -0.2) is 40.7 Å². The van der Waals surface area contributed by atoms with E-state index >= 15 is 0 Å². The van der Waals surface area contributed by atoms with Crippen molar-refractivity contribution < 1.29 is 9.53 Å². The quantitative estimate of drug-likeness (QED) is 0.433. The Kier molecular flexibility index (Phi) is 8.17. The number of benzene rings is 1. The highest BCUT2D eigenvalue weighted by Crippen LogP contribution is 2.20. The Bertz CT molecular complexity index is 684. The molecule has 8 heteroatoms. The second-order valence-corrected chi connectivity index (χ2v) is 7.42. The number of carbonyl (C=O) groups is 1. The van der Waals surface area contributed by atoms with Crippen molar-refractivity contribution in [1.82, 2.24) is 15.3 Å². The maximum Gasteiger partial charge on any atom is 0.231 e. The number of rotatable bonds is 10. The van der Waals surface area contributed by atoms with E-state index in [1.807, 2.05) is 36.6 Å². The highest BCUT2D eigenvalue weighted by molar-refractivity contribution is 8.02. The van der Waals surface area contributed by atoms with Crippen LogP contribution < -0.4 is 11.1 Å². The first-order valence-electron chi connectivity index (χ1n) is 8.08. The van der Waals surface area contributed by atoms with Crippen LogP contribution in [0.15, 0.2) is 40.5 Å². The summed E-state index contributed by atoms with van der Waals surface area (Å²) in [5, 5.41) is 5.66. The van der Waals surface area contributed by atoms with E-state index in [1.165, 1.54) is 23.5 Å². The number of methoxy groups -OCH3 is 1. The molecule has 0 aliphatic carbocycles. The molecule has 0 fully saturated rings. The lowest BCUT2D eigenvalue weighted by atomic mass is 10.3. The lowest BCUT2D eigenvalue weighted by Crippen LogP contribution is -2.33. The fourth-order valence-electron chi connectivity index (χ4n) is 2.03. The van der Waals surface area contributed by atoms with Crippen LogP contribution in [0.25, 0.3) is 11.0 Å². The molecule has 1 heterocycles. The van der Waals surface area contributed by atoms with E-state index in [0.29, 0.717) is 18.8 Å². The number of nitrogens with one attached hydrogen (secondary N) is 2. The van der Waals surface area contributed by atoms with Crippen LogP contribution in [0.2, 0.25) is 0 Å². The van der Waals surface area contributed by atoms with E-state index in [0.717, 1.165) is 28.3 Å². The van der Waals surface area contributed by atoms with Gasteiger partial charge in [0, 0.05) is 19.2 Å². The third-order valence-corrected chi connectivity index (χ3v) is 5.47. The standard InChI is InChI=1S/C17H24N4O2S2/c1-3-16(24-10-12(18)8-9-23-2)21-15(22)11-25-17-19-13-6-4-5-7-14(13)20-17/h4-7,10,16H,3,8-9,11,18H2,1-2H3,(H,19,20)(H,21,22)/b12-10-. The number of nitrogens with zero attached hydrogens (tertiary/aromatic N) is 1. The first kappa shape index (κ1) is 19.7. The lowest BCUT2D eigenvalue weighted by molar-refractivity contribution is -0.118. The van der Waals surface area contributed by atoms with Gasteiger partial charge in [-0.15, -0.1) is 11.8 Å². The number of ether oxygens (including phenoxy) is 1. The Labute approximate surface area is 156 Å². The smallest absolute Gasteiger partial charge is 0.231 e. The predicted molar refractivity (Wildman–Crippen MR) is 105 cm³/mol. The second-order valence-electron chi connectivity index (χ2n) is 5.38. The molecule has 1 unspecified atom stereocenters. The van der Waals surface area contributed by atoms with E-state index in [2.05, 4.69) is 15.3 Å². The topological polar surface area (TPSA) is 93.0 Å². The van der Waals surface area contributed by atoms with Crippen molar-refractivity contribution in [3.8, 4) is 0 Å². The molecule has 0 aliphatic rings. The highest BCUT2D eigenvalue weighted by atomic mass is 32.2. The summed E-state index contributed by atoms with van der Waals surface area (Å²) in [6.45, 7) is 2.63. The molecular formula is C17H24N4O2S2. The summed E-state index contributed by atoms with van der Waals surface area (Å²) < 4.78 is 4.99. The minimum Gasteiger partial charge on any atom is -0.402 e. The Morgan fingerprint density at radius 3 is 3.00 bits per heavy atom. The molecule has 0 aliphatic heterocycles. The fraction of sp³-hybridized carbons (Fsp3) is 0.412. The molecule has 0 spiro atoms. The van der Waals surface area contributed by atoms with E-state index in [4.69, 9.17) is 10.5 Å². The Hall–Kier alpha value is -1.64. The molecule has 2 aromatic rings. The number of carbonyl (C=O) groups excluding carboxylic acids is 1. The van der Waals surface area contributed by atoms with Crippen molar-refractivity contribution in [3.63, 3.8) is 0 Å². The van der Waals surface area contributed by atoms with Crippen molar-refractivity contribution >= 4 is 40.5 Å². The number of nitrogens with two attached hydrogens (primary N) is 1. The third-order valence-electron chi connectivity index (χ3n) is 3.38. The number of hydrogen-bond donors (Lipinski definition) is 3. The van der Waals surface area contributed by atoms with Gasteiger partial charge in [-0.05, 0) is 24.0 Å². The van der Waals surface area contributed by atoms with Crippen LogP contribution in [0.4, 0.5) is 0 Å². The lowest BCUT2D eigenvalue weighted by Gasteiger charge is -2.14. The molecule has 0 bridgehead atoms. The zero-order valence-corrected chi connectivity index (χ0v) is 16.1. The van der Waals surface area contributed by atoms with Gasteiger partial charge in [-0.25, -0.2) is 4.98 Å². The average molecular weight is 381 g/mol. The molecule has 2 rings (SSSR count). The summed E-state index contributed by atoms with van der Waals surface area (Å²) in [6.07, 6.45) is 1.51. The number of aromatic nitrogens is 2. The van der Waals surface area contributed by atoms with E-state index in [1.54, 1.807) is 7.11 Å². The number of thioether (sulfide) groups is 2. The third kappa shape index (κ3) is 6.64. The number of H-pyrrole nitrogens is 1. The van der Waals surface area contributed by atoms with Gasteiger partial charge in [0.1, 0.15) is 0 Å². The normalized spacial score (nSPS) is 13.1. The summed E-state index contributed by atoms with van der Waals surface area (Å²) in [5.74, 6) is 0.299. The van der Waals surface area contributed by atoms with Crippen molar-refractivity contribution in [2.75, 3.05) is 19.5 Å². The van der Waals surface area contributed by atoms with Gasteiger partial charge in [-0.2, -0.15) is 0 Å². The number of imidazole rings is 1. The fourth-order valence-corrected chi connectivity index (χ4v) is 3.58. The van der Waals surface area contributed by atoms with Crippen LogP contribution in [0.5, 0.6) is 0 Å². The van der Waals surface area contributed by atoms with Gasteiger partial charge >= 0.3 is 0 Å². The highest BCUT2D eigenvalue weighted by Gasteiger charge is 2.12. The molecule has 0 saturated heterocycles. The van der Waals surface area contributed by atoms with Crippen molar-refractivity contribution in [2.45, 2.75) is 30.3 Å². The Morgan fingerprint density at radius 1 is 1.48 bits per heavy atom. The van der Waals surface area contributed by atoms with Gasteiger partial charge in [0.15, 0.2) is 5.16 Å². The number of amides is 1.